The largest absolute Gasteiger partial charge is 0.457 e. The van der Waals surface area contributed by atoms with Gasteiger partial charge < -0.3 is 19.7 Å². The van der Waals surface area contributed by atoms with Gasteiger partial charge in [0.05, 0.1) is 11.4 Å². The first-order valence-electron chi connectivity index (χ1n) is 23.8. The molecule has 12 rings (SSSR count). The Balaban J connectivity index is 1.15. The molecule has 0 spiro atoms. The van der Waals surface area contributed by atoms with Crippen LogP contribution in [0.25, 0.3) is 54.9 Å². The Kier molecular flexibility index (Phi) is 9.23. The van der Waals surface area contributed by atoms with Crippen molar-refractivity contribution in [3.63, 3.8) is 0 Å². The fourth-order valence-corrected chi connectivity index (χ4v) is 11.8. The molecule has 0 radical (unpaired) electrons. The summed E-state index contributed by atoms with van der Waals surface area (Å²) < 4.78 is 13.5. The Bertz CT molecular complexity index is 3250. The van der Waals surface area contributed by atoms with Gasteiger partial charge in [-0.1, -0.05) is 169 Å². The van der Waals surface area contributed by atoms with E-state index in [2.05, 4.69) is 222 Å². The van der Waals surface area contributed by atoms with E-state index >= 15 is 0 Å². The molecule has 4 heteroatoms. The van der Waals surface area contributed by atoms with Crippen molar-refractivity contribution in [2.45, 2.75) is 77.8 Å². The minimum Gasteiger partial charge on any atom is -0.457 e. The van der Waals surface area contributed by atoms with Gasteiger partial charge in [0.1, 0.15) is 29.2 Å². The highest BCUT2D eigenvalue weighted by atomic mass is 16.5. The van der Waals surface area contributed by atoms with Gasteiger partial charge in [-0.05, 0) is 116 Å². The highest BCUT2D eigenvalue weighted by Crippen LogP contribution is 2.56. The van der Waals surface area contributed by atoms with Gasteiger partial charge in [0.15, 0.2) is 0 Å². The summed E-state index contributed by atoms with van der Waals surface area (Å²) in [5, 5.41) is 8.90. The summed E-state index contributed by atoms with van der Waals surface area (Å²) in [4.78, 5) is 2.51. The van der Waals surface area contributed by atoms with Gasteiger partial charge in [-0.3, -0.25) is 0 Å². The van der Waals surface area contributed by atoms with E-state index in [-0.39, 0.29) is 17.0 Å². The first-order valence-corrected chi connectivity index (χ1v) is 23.8. The van der Waals surface area contributed by atoms with Gasteiger partial charge in [-0.2, -0.15) is 0 Å². The predicted octanol–water partition coefficient (Wildman–Crippen LogP) is 17.1. The van der Waals surface area contributed by atoms with Crippen LogP contribution >= 0.6 is 0 Å². The first-order chi connectivity index (χ1) is 32.2. The SMILES string of the molecule is CCCc1ccc(N2c3cccc(-c4c5cccc(-c6cccc7c6C(C)(C)c6ccccc6O7)c5cc5c(-c6cccc7c6C(C)(C)c6ccccc6O7)cccc45)c3NC2CC)cc1. The second-order valence-corrected chi connectivity index (χ2v) is 19.4. The van der Waals surface area contributed by atoms with Crippen molar-refractivity contribution in [3.05, 3.63) is 198 Å². The van der Waals surface area contributed by atoms with Gasteiger partial charge in [0.25, 0.3) is 0 Å². The third-order valence-electron chi connectivity index (χ3n) is 14.8. The van der Waals surface area contributed by atoms with Crippen LogP contribution in [0.5, 0.6) is 23.0 Å². The molecule has 3 heterocycles. The summed E-state index contributed by atoms with van der Waals surface area (Å²) in [6.07, 6.45) is 3.26. The Labute approximate surface area is 388 Å². The molecule has 1 unspecified atom stereocenters. The number of aryl methyl sites for hydroxylation is 1. The molecule has 0 aromatic heterocycles. The summed E-state index contributed by atoms with van der Waals surface area (Å²) in [6.45, 7) is 13.9. The molecule has 0 bridgehead atoms. The molecular weight excluding hydrogens is 805 g/mol. The van der Waals surface area contributed by atoms with Gasteiger partial charge in [-0.25, -0.2) is 0 Å². The number of benzene rings is 9. The Morgan fingerprint density at radius 2 is 0.970 bits per heavy atom. The molecule has 324 valence electrons. The molecule has 0 aliphatic carbocycles. The molecule has 1 N–H and O–H groups in total. The van der Waals surface area contributed by atoms with Crippen LogP contribution in [0.4, 0.5) is 17.1 Å². The van der Waals surface area contributed by atoms with Crippen LogP contribution in [-0.4, -0.2) is 6.17 Å². The Hall–Kier alpha value is -7.30. The van der Waals surface area contributed by atoms with E-state index in [4.69, 9.17) is 9.47 Å². The van der Waals surface area contributed by atoms with Crippen LogP contribution in [-0.2, 0) is 17.3 Å². The van der Waals surface area contributed by atoms with Crippen molar-refractivity contribution in [2.75, 3.05) is 10.2 Å². The third kappa shape index (κ3) is 5.97. The lowest BCUT2D eigenvalue weighted by Crippen LogP contribution is -2.30. The second-order valence-electron chi connectivity index (χ2n) is 19.4. The lowest BCUT2D eigenvalue weighted by atomic mass is 9.72. The molecular formula is C62H54N2O2. The number of rotatable bonds is 7. The molecule has 0 saturated carbocycles. The lowest BCUT2D eigenvalue weighted by molar-refractivity contribution is 0.418. The van der Waals surface area contributed by atoms with E-state index < -0.39 is 0 Å². The number of nitrogens with zero attached hydrogens (tertiary/aromatic N) is 1. The zero-order valence-electron chi connectivity index (χ0n) is 38.6. The van der Waals surface area contributed by atoms with E-state index in [1.165, 1.54) is 94.1 Å². The lowest BCUT2D eigenvalue weighted by Gasteiger charge is -2.36. The van der Waals surface area contributed by atoms with E-state index in [9.17, 15) is 0 Å². The van der Waals surface area contributed by atoms with Crippen LogP contribution in [0.1, 0.15) is 82.2 Å². The number of ether oxygens (including phenoxy) is 2. The minimum absolute atomic E-state index is 0.104. The molecule has 9 aromatic carbocycles. The summed E-state index contributed by atoms with van der Waals surface area (Å²) in [6, 6.07) is 62.5. The first kappa shape index (κ1) is 40.2. The summed E-state index contributed by atoms with van der Waals surface area (Å²) in [5.41, 5.74) is 16.3. The molecule has 0 amide bonds. The standard InChI is InChI=1S/C62H54N2O2/c1-7-18-38-33-35-39(36-34-38)64-51-28-15-25-46(60(51)63-56(64)8-2)57-42-21-13-19-40(44-23-16-31-54-58(44)61(3,4)49-26-9-11-29-52(49)65-54)47(42)37-48-41(20-14-22-43(48)57)45-24-17-32-55-59(45)62(5,6)50-27-10-12-30-53(50)66-55/h9-17,19-37,56,63H,7-8,18H2,1-6H3. The number of nitrogens with one attached hydrogen (secondary N) is 1. The molecule has 1 atom stereocenters. The smallest absolute Gasteiger partial charge is 0.132 e. The van der Waals surface area contributed by atoms with Crippen molar-refractivity contribution in [1.82, 2.24) is 0 Å². The molecule has 0 saturated heterocycles. The van der Waals surface area contributed by atoms with Crippen LogP contribution in [0, 0.1) is 0 Å². The fraction of sp³-hybridized carbons (Fsp3) is 0.194. The number of anilines is 3. The maximum atomic E-state index is 6.74. The van der Waals surface area contributed by atoms with E-state index in [1.54, 1.807) is 0 Å². The van der Waals surface area contributed by atoms with Crippen LogP contribution in [0.2, 0.25) is 0 Å². The molecule has 9 aromatic rings. The average molecular weight is 859 g/mol. The highest BCUT2D eigenvalue weighted by Gasteiger charge is 2.39. The van der Waals surface area contributed by atoms with Crippen molar-refractivity contribution in [1.29, 1.82) is 0 Å². The molecule has 3 aliphatic heterocycles. The van der Waals surface area contributed by atoms with Gasteiger partial charge in [0, 0.05) is 44.3 Å². The topological polar surface area (TPSA) is 33.7 Å². The normalized spacial score (nSPS) is 16.0. The monoisotopic (exact) mass is 858 g/mol. The van der Waals surface area contributed by atoms with Gasteiger partial charge in [-0.15, -0.1) is 0 Å². The second kappa shape index (κ2) is 15.1. The number of hydrogen-bond donors (Lipinski definition) is 1. The molecule has 0 fully saturated rings. The van der Waals surface area contributed by atoms with E-state index in [1.807, 2.05) is 0 Å². The van der Waals surface area contributed by atoms with Gasteiger partial charge >= 0.3 is 0 Å². The van der Waals surface area contributed by atoms with Gasteiger partial charge in [0.2, 0.25) is 0 Å². The van der Waals surface area contributed by atoms with Crippen molar-refractivity contribution >= 4 is 38.6 Å². The number of hydrogen-bond acceptors (Lipinski definition) is 4. The quantitative estimate of drug-likeness (QED) is 0.162. The maximum absolute atomic E-state index is 6.74. The average Bonchev–Trinajstić information content (AvgIpc) is 3.72. The highest BCUT2D eigenvalue weighted by molar-refractivity contribution is 6.21. The predicted molar refractivity (Wildman–Crippen MR) is 275 cm³/mol. The van der Waals surface area contributed by atoms with Crippen LogP contribution in [0.15, 0.2) is 170 Å². The van der Waals surface area contributed by atoms with Crippen molar-refractivity contribution in [2.24, 2.45) is 0 Å². The zero-order chi connectivity index (χ0) is 44.9. The molecule has 3 aliphatic rings. The Morgan fingerprint density at radius 1 is 0.485 bits per heavy atom. The maximum Gasteiger partial charge on any atom is 0.132 e. The minimum atomic E-state index is -0.309. The Morgan fingerprint density at radius 3 is 1.52 bits per heavy atom. The summed E-state index contributed by atoms with van der Waals surface area (Å²) >= 11 is 0. The van der Waals surface area contributed by atoms with E-state index in [0.717, 1.165) is 47.9 Å². The van der Waals surface area contributed by atoms with E-state index in [0.29, 0.717) is 0 Å². The number of para-hydroxylation sites is 3. The van der Waals surface area contributed by atoms with Crippen molar-refractivity contribution < 1.29 is 9.47 Å². The number of fused-ring (bicyclic) bond motifs is 7. The zero-order valence-corrected chi connectivity index (χ0v) is 38.6. The summed E-state index contributed by atoms with van der Waals surface area (Å²) in [5.74, 6) is 3.66. The van der Waals surface area contributed by atoms with Crippen molar-refractivity contribution in [3.8, 4) is 56.4 Å². The molecule has 66 heavy (non-hydrogen) atoms. The summed E-state index contributed by atoms with van der Waals surface area (Å²) in [7, 11) is 0. The third-order valence-corrected chi connectivity index (χ3v) is 14.8. The van der Waals surface area contributed by atoms with Crippen LogP contribution in [0.3, 0.4) is 0 Å². The van der Waals surface area contributed by atoms with Crippen LogP contribution < -0.4 is 19.7 Å². The fourth-order valence-electron chi connectivity index (χ4n) is 11.8. The molecule has 4 nitrogen and oxygen atoms in total.